The van der Waals surface area contributed by atoms with E-state index in [0.717, 1.165) is 6.42 Å². The third-order valence-corrected chi connectivity index (χ3v) is 15.9. The molecule has 2 aromatic rings. The van der Waals surface area contributed by atoms with Gasteiger partial charge in [-0.25, -0.2) is 0 Å². The van der Waals surface area contributed by atoms with Crippen LogP contribution in [0.4, 0.5) is 0 Å². The SMILES string of the molecule is COC(=O)C(C(=O)OC)[C@@H](C[C@@H](C)[Si](C)(C)c1ccccc1)[Si](C)(C)c1ccccc1. The Kier molecular flexibility index (Phi) is 8.43. The fraction of sp³-hybridized carbons (Fsp3) is 0.440. The van der Waals surface area contributed by atoms with Gasteiger partial charge >= 0.3 is 11.9 Å². The molecule has 0 aromatic heterocycles. The van der Waals surface area contributed by atoms with Crippen LogP contribution in [0, 0.1) is 5.92 Å². The van der Waals surface area contributed by atoms with Crippen LogP contribution in [0.5, 0.6) is 0 Å². The van der Waals surface area contributed by atoms with E-state index in [1.807, 2.05) is 24.3 Å². The van der Waals surface area contributed by atoms with Gasteiger partial charge in [-0.1, -0.05) is 111 Å². The summed E-state index contributed by atoms with van der Waals surface area (Å²) < 4.78 is 10.2. The zero-order valence-electron chi connectivity index (χ0n) is 19.8. The van der Waals surface area contributed by atoms with Gasteiger partial charge in [-0.2, -0.15) is 0 Å². The quantitative estimate of drug-likeness (QED) is 0.320. The highest BCUT2D eigenvalue weighted by Crippen LogP contribution is 2.42. The number of methoxy groups -OCH3 is 2. The highest BCUT2D eigenvalue weighted by molar-refractivity contribution is 6.92. The molecule has 2 aromatic carbocycles. The molecular formula is C25H36O4Si2. The fourth-order valence-electron chi connectivity index (χ4n) is 4.44. The minimum atomic E-state index is -2.25. The van der Waals surface area contributed by atoms with Crippen LogP contribution in [-0.2, 0) is 19.1 Å². The number of hydrogen-bond donors (Lipinski definition) is 0. The van der Waals surface area contributed by atoms with Gasteiger partial charge in [0.25, 0.3) is 0 Å². The molecule has 0 unspecified atom stereocenters. The van der Waals surface area contributed by atoms with Gasteiger partial charge in [0.05, 0.1) is 30.4 Å². The Morgan fingerprint density at radius 1 is 0.742 bits per heavy atom. The first-order valence-corrected chi connectivity index (χ1v) is 17.0. The molecule has 0 aliphatic carbocycles. The zero-order valence-corrected chi connectivity index (χ0v) is 21.8. The zero-order chi connectivity index (χ0) is 23.2. The lowest BCUT2D eigenvalue weighted by molar-refractivity contribution is -0.159. The molecule has 0 aliphatic rings. The minimum Gasteiger partial charge on any atom is -0.468 e. The first-order chi connectivity index (χ1) is 14.6. The van der Waals surface area contributed by atoms with E-state index >= 15 is 0 Å². The second kappa shape index (κ2) is 10.4. The molecule has 4 nitrogen and oxygen atoms in total. The van der Waals surface area contributed by atoms with Crippen LogP contribution in [0.3, 0.4) is 0 Å². The van der Waals surface area contributed by atoms with Crippen molar-refractivity contribution in [3.05, 3.63) is 60.7 Å². The predicted molar refractivity (Wildman–Crippen MR) is 132 cm³/mol. The molecular weight excluding hydrogens is 420 g/mol. The summed E-state index contributed by atoms with van der Waals surface area (Å²) in [5.41, 5.74) is 0.215. The summed E-state index contributed by atoms with van der Waals surface area (Å²) in [5, 5.41) is 2.61. The summed E-state index contributed by atoms with van der Waals surface area (Å²) in [5.74, 6) is -1.92. The van der Waals surface area contributed by atoms with Crippen molar-refractivity contribution in [2.75, 3.05) is 14.2 Å². The molecule has 0 saturated carbocycles. The number of ether oxygens (including phenoxy) is 2. The van der Waals surface area contributed by atoms with Crippen LogP contribution in [-0.4, -0.2) is 42.3 Å². The second-order valence-corrected chi connectivity index (χ2v) is 19.2. The minimum absolute atomic E-state index is 0.139. The van der Waals surface area contributed by atoms with Crippen molar-refractivity contribution in [3.63, 3.8) is 0 Å². The Labute approximate surface area is 189 Å². The first kappa shape index (κ1) is 25.1. The van der Waals surface area contributed by atoms with Crippen LogP contribution in [0.25, 0.3) is 0 Å². The smallest absolute Gasteiger partial charge is 0.320 e. The average Bonchev–Trinajstić information content (AvgIpc) is 2.79. The number of esters is 2. The van der Waals surface area contributed by atoms with Crippen molar-refractivity contribution in [1.29, 1.82) is 0 Å². The van der Waals surface area contributed by atoms with Gasteiger partial charge in [0.1, 0.15) is 0 Å². The normalized spacial score (nSPS) is 14.1. The molecule has 2 rings (SSSR count). The highest BCUT2D eigenvalue weighted by atomic mass is 28.3. The molecule has 0 bridgehead atoms. The molecule has 6 heteroatoms. The van der Waals surface area contributed by atoms with Gasteiger partial charge in [-0.3, -0.25) is 9.59 Å². The first-order valence-electron chi connectivity index (χ1n) is 10.8. The number of carbonyl (C=O) groups excluding carboxylic acids is 2. The van der Waals surface area contributed by atoms with Crippen molar-refractivity contribution in [2.45, 2.75) is 50.6 Å². The molecule has 0 spiro atoms. The van der Waals surface area contributed by atoms with Gasteiger partial charge in [0, 0.05) is 0 Å². The van der Waals surface area contributed by atoms with E-state index in [2.05, 4.69) is 69.5 Å². The van der Waals surface area contributed by atoms with Crippen molar-refractivity contribution in [3.8, 4) is 0 Å². The molecule has 31 heavy (non-hydrogen) atoms. The summed E-state index contributed by atoms with van der Waals surface area (Å²) in [6.07, 6.45) is 0.775. The Morgan fingerprint density at radius 3 is 1.52 bits per heavy atom. The third-order valence-electron chi connectivity index (χ3n) is 7.11. The van der Waals surface area contributed by atoms with Crippen LogP contribution in [0.1, 0.15) is 13.3 Å². The van der Waals surface area contributed by atoms with Crippen molar-refractivity contribution < 1.29 is 19.1 Å². The van der Waals surface area contributed by atoms with Crippen molar-refractivity contribution in [2.24, 2.45) is 5.92 Å². The Balaban J connectivity index is 2.53. The summed E-state index contributed by atoms with van der Waals surface area (Å²) in [7, 11) is -1.40. The maximum absolute atomic E-state index is 12.8. The summed E-state index contributed by atoms with van der Waals surface area (Å²) in [6, 6.07) is 20.9. The van der Waals surface area contributed by atoms with E-state index in [1.165, 1.54) is 24.6 Å². The van der Waals surface area contributed by atoms with Gasteiger partial charge < -0.3 is 9.47 Å². The standard InChI is InChI=1S/C25H36O4Si2/c1-19(30(4,5)20-14-10-8-11-15-20)18-22(23(24(26)28-2)25(27)29-3)31(6,7)21-16-12-9-13-17-21/h8-17,19,22-23H,18H2,1-7H3/t19-,22-/m1/s1. The summed E-state index contributed by atoms with van der Waals surface area (Å²) in [6.45, 7) is 11.5. The Bertz CT molecular complexity index is 850. The van der Waals surface area contributed by atoms with Crippen molar-refractivity contribution >= 4 is 38.5 Å². The maximum Gasteiger partial charge on any atom is 0.320 e. The van der Waals surface area contributed by atoms with Crippen LogP contribution < -0.4 is 10.4 Å². The van der Waals surface area contributed by atoms with Gasteiger partial charge in [0.2, 0.25) is 0 Å². The molecule has 2 atom stereocenters. The maximum atomic E-state index is 12.8. The molecule has 0 saturated heterocycles. The lowest BCUT2D eigenvalue weighted by Crippen LogP contribution is -2.54. The van der Waals surface area contributed by atoms with E-state index in [4.69, 9.17) is 9.47 Å². The Morgan fingerprint density at radius 2 is 1.13 bits per heavy atom. The molecule has 168 valence electrons. The molecule has 0 amide bonds. The number of hydrogen-bond acceptors (Lipinski definition) is 4. The topological polar surface area (TPSA) is 52.6 Å². The van der Waals surface area contributed by atoms with E-state index in [0.29, 0.717) is 5.54 Å². The number of rotatable bonds is 9. The second-order valence-electron chi connectivity index (χ2n) is 9.44. The largest absolute Gasteiger partial charge is 0.468 e. The number of carbonyl (C=O) groups is 2. The van der Waals surface area contributed by atoms with Gasteiger partial charge in [0.15, 0.2) is 5.92 Å². The predicted octanol–water partition coefficient (Wildman–Crippen LogP) is 4.33. The Hall–Kier alpha value is -2.19. The van der Waals surface area contributed by atoms with E-state index < -0.39 is 34.0 Å². The van der Waals surface area contributed by atoms with E-state index in [-0.39, 0.29) is 5.54 Å². The van der Waals surface area contributed by atoms with E-state index in [9.17, 15) is 9.59 Å². The molecule has 0 heterocycles. The summed E-state index contributed by atoms with van der Waals surface area (Å²) >= 11 is 0. The lowest BCUT2D eigenvalue weighted by atomic mass is 10.0. The third kappa shape index (κ3) is 5.54. The number of benzene rings is 2. The fourth-order valence-corrected chi connectivity index (χ4v) is 10.7. The molecule has 0 aliphatic heterocycles. The average molecular weight is 457 g/mol. The van der Waals surface area contributed by atoms with Crippen LogP contribution >= 0.6 is 0 Å². The van der Waals surface area contributed by atoms with Crippen LogP contribution in [0.15, 0.2) is 60.7 Å². The molecule has 0 N–H and O–H groups in total. The lowest BCUT2D eigenvalue weighted by Gasteiger charge is -2.41. The van der Waals surface area contributed by atoms with Gasteiger partial charge in [-0.15, -0.1) is 0 Å². The monoisotopic (exact) mass is 456 g/mol. The van der Waals surface area contributed by atoms with E-state index in [1.54, 1.807) is 0 Å². The molecule has 0 radical (unpaired) electrons. The summed E-state index contributed by atoms with van der Waals surface area (Å²) in [4.78, 5) is 25.7. The molecule has 0 fully saturated rings. The van der Waals surface area contributed by atoms with Gasteiger partial charge in [-0.05, 0) is 11.1 Å². The highest BCUT2D eigenvalue weighted by Gasteiger charge is 2.48. The van der Waals surface area contributed by atoms with Crippen LogP contribution in [0.2, 0.25) is 37.3 Å². The van der Waals surface area contributed by atoms with Crippen molar-refractivity contribution in [1.82, 2.24) is 0 Å².